The van der Waals surface area contributed by atoms with Crippen LogP contribution in [0.1, 0.15) is 45.2 Å². The van der Waals surface area contributed by atoms with Gasteiger partial charge in [-0.2, -0.15) is 0 Å². The summed E-state index contributed by atoms with van der Waals surface area (Å²) in [5.41, 5.74) is 2.51. The summed E-state index contributed by atoms with van der Waals surface area (Å²) in [7, 11) is 0. The minimum absolute atomic E-state index is 0.128. The Bertz CT molecular complexity index is 1300. The van der Waals surface area contributed by atoms with Crippen LogP contribution in [0, 0.1) is 5.82 Å². The fraction of sp³-hybridized carbons (Fsp3) is 0.185. The number of nitrogens with zero attached hydrogens (tertiary/aromatic N) is 2. The Morgan fingerprint density at radius 1 is 1.14 bits per heavy atom. The summed E-state index contributed by atoms with van der Waals surface area (Å²) in [4.78, 5) is 19.6. The molecule has 1 atom stereocenters. The van der Waals surface area contributed by atoms with Gasteiger partial charge < -0.3 is 14.7 Å². The van der Waals surface area contributed by atoms with Gasteiger partial charge in [-0.3, -0.25) is 4.79 Å². The van der Waals surface area contributed by atoms with Gasteiger partial charge in [0.25, 0.3) is 5.91 Å². The van der Waals surface area contributed by atoms with Crippen LogP contribution in [0.5, 0.6) is 5.75 Å². The zero-order valence-corrected chi connectivity index (χ0v) is 20.6. The van der Waals surface area contributed by atoms with Crippen molar-refractivity contribution in [2.45, 2.75) is 32.7 Å². The molecule has 0 aliphatic carbocycles. The van der Waals surface area contributed by atoms with E-state index in [2.05, 4.69) is 4.98 Å². The van der Waals surface area contributed by atoms with Crippen LogP contribution in [-0.2, 0) is 19.8 Å². The first kappa shape index (κ1) is 24.9. The molecule has 1 amide bonds. The Hall–Kier alpha value is -3.26. The average Bonchev–Trinajstić information content (AvgIpc) is 3.34. The van der Waals surface area contributed by atoms with Crippen molar-refractivity contribution < 1.29 is 19.0 Å². The van der Waals surface area contributed by atoms with Gasteiger partial charge in [0, 0.05) is 21.5 Å². The van der Waals surface area contributed by atoms with Crippen molar-refractivity contribution in [2.75, 3.05) is 0 Å². The van der Waals surface area contributed by atoms with Gasteiger partial charge in [-0.1, -0.05) is 48.0 Å². The molecule has 3 aromatic carbocycles. The molecule has 0 aliphatic heterocycles. The van der Waals surface area contributed by atoms with Gasteiger partial charge >= 0.3 is 0 Å². The van der Waals surface area contributed by atoms with E-state index in [1.807, 2.05) is 37.3 Å². The Labute approximate surface area is 212 Å². The summed E-state index contributed by atoms with van der Waals surface area (Å²) in [6.07, 6.45) is 0. The second kappa shape index (κ2) is 11.4. The van der Waals surface area contributed by atoms with Gasteiger partial charge in [-0.15, -0.1) is 11.3 Å². The van der Waals surface area contributed by atoms with E-state index in [0.717, 1.165) is 10.6 Å². The molecule has 0 aliphatic rings. The molecule has 180 valence electrons. The Morgan fingerprint density at radius 2 is 1.94 bits per heavy atom. The molecule has 0 radical (unpaired) electrons. The molecule has 0 bridgehead atoms. The average molecular weight is 511 g/mol. The highest BCUT2D eigenvalue weighted by Gasteiger charge is 2.25. The Morgan fingerprint density at radius 3 is 2.66 bits per heavy atom. The van der Waals surface area contributed by atoms with Crippen molar-refractivity contribution >= 4 is 28.8 Å². The van der Waals surface area contributed by atoms with E-state index in [9.17, 15) is 14.3 Å². The van der Waals surface area contributed by atoms with E-state index >= 15 is 0 Å². The number of aliphatic hydroxyl groups excluding tert-OH is 1. The second-order valence-corrected chi connectivity index (χ2v) is 9.34. The maximum atomic E-state index is 13.9. The van der Waals surface area contributed by atoms with Crippen molar-refractivity contribution in [3.05, 3.63) is 116 Å². The summed E-state index contributed by atoms with van der Waals surface area (Å²) >= 11 is 7.71. The number of aliphatic hydroxyl groups is 1. The fourth-order valence-corrected chi connectivity index (χ4v) is 4.60. The van der Waals surface area contributed by atoms with Gasteiger partial charge in [-0.25, -0.2) is 9.37 Å². The Kier molecular flexibility index (Phi) is 8.13. The molecule has 1 aromatic heterocycles. The molecule has 0 spiro atoms. The predicted octanol–water partition coefficient (Wildman–Crippen LogP) is 6.41. The number of hydrogen-bond donors (Lipinski definition) is 1. The molecule has 1 heterocycles. The highest BCUT2D eigenvalue weighted by atomic mass is 35.5. The largest absolute Gasteiger partial charge is 0.486 e. The molecule has 4 aromatic rings. The zero-order valence-electron chi connectivity index (χ0n) is 19.0. The third-order valence-electron chi connectivity index (χ3n) is 5.56. The quantitative estimate of drug-likeness (QED) is 0.282. The number of halogens is 2. The molecule has 0 saturated carbocycles. The maximum Gasteiger partial charge on any atom is 0.254 e. The minimum Gasteiger partial charge on any atom is -0.486 e. The van der Waals surface area contributed by atoms with Crippen LogP contribution < -0.4 is 4.74 Å². The summed E-state index contributed by atoms with van der Waals surface area (Å²) in [5.74, 6) is -0.215. The van der Waals surface area contributed by atoms with Crippen LogP contribution in [0.4, 0.5) is 4.39 Å². The second-order valence-electron chi connectivity index (χ2n) is 7.96. The predicted molar refractivity (Wildman–Crippen MR) is 135 cm³/mol. The minimum atomic E-state index is -0.472. The lowest BCUT2D eigenvalue weighted by molar-refractivity contribution is 0.0671. The van der Waals surface area contributed by atoms with Crippen LogP contribution in [0.25, 0.3) is 0 Å². The molecule has 5 nitrogen and oxygen atoms in total. The van der Waals surface area contributed by atoms with E-state index in [1.54, 1.807) is 34.5 Å². The number of hydrogen-bond acceptors (Lipinski definition) is 5. The van der Waals surface area contributed by atoms with Crippen LogP contribution >= 0.6 is 22.9 Å². The number of rotatable bonds is 9. The normalized spacial score (nSPS) is 11.8. The standard InChI is InChI=1S/C27H24ClFN2O3S/c1-18(19-6-3-2-4-7-19)31(27(33)20-8-5-9-23(29)13-20)14-21-12-22(28)10-11-25(21)34-16-26-30-24(15-32)17-35-26/h2-13,17-18,32H,14-16H2,1H3. The van der Waals surface area contributed by atoms with E-state index in [4.69, 9.17) is 16.3 Å². The molecule has 8 heteroatoms. The molecule has 0 fully saturated rings. The van der Waals surface area contributed by atoms with E-state index in [0.29, 0.717) is 22.0 Å². The van der Waals surface area contributed by atoms with Crippen LogP contribution in [0.15, 0.2) is 78.2 Å². The summed E-state index contributed by atoms with van der Waals surface area (Å²) in [5, 5.41) is 12.3. The first-order valence-electron chi connectivity index (χ1n) is 11.0. The van der Waals surface area contributed by atoms with Crippen molar-refractivity contribution in [3.8, 4) is 5.75 Å². The molecule has 1 N–H and O–H groups in total. The van der Waals surface area contributed by atoms with E-state index in [1.165, 1.54) is 29.5 Å². The van der Waals surface area contributed by atoms with Gasteiger partial charge in [0.05, 0.1) is 24.9 Å². The third kappa shape index (κ3) is 6.25. The number of carbonyl (C=O) groups excluding carboxylic acids is 1. The molecule has 1 unspecified atom stereocenters. The van der Waals surface area contributed by atoms with Gasteiger partial charge in [0.15, 0.2) is 0 Å². The topological polar surface area (TPSA) is 62.7 Å². The first-order valence-corrected chi connectivity index (χ1v) is 12.3. The van der Waals surface area contributed by atoms with Crippen molar-refractivity contribution in [1.29, 1.82) is 0 Å². The highest BCUT2D eigenvalue weighted by molar-refractivity contribution is 7.09. The molecular formula is C27H24ClFN2O3S. The van der Waals surface area contributed by atoms with Gasteiger partial charge in [0.2, 0.25) is 0 Å². The monoisotopic (exact) mass is 510 g/mol. The summed E-state index contributed by atoms with van der Waals surface area (Å²) < 4.78 is 20.0. The number of ether oxygens (including phenoxy) is 1. The van der Waals surface area contributed by atoms with Gasteiger partial charge in [-0.05, 0) is 48.9 Å². The highest BCUT2D eigenvalue weighted by Crippen LogP contribution is 2.30. The zero-order chi connectivity index (χ0) is 24.8. The summed E-state index contributed by atoms with van der Waals surface area (Å²) in [6.45, 7) is 2.22. The van der Waals surface area contributed by atoms with Crippen molar-refractivity contribution in [2.24, 2.45) is 0 Å². The molecule has 35 heavy (non-hydrogen) atoms. The van der Waals surface area contributed by atoms with Crippen molar-refractivity contribution in [3.63, 3.8) is 0 Å². The van der Waals surface area contributed by atoms with Crippen LogP contribution in [0.2, 0.25) is 5.02 Å². The number of amides is 1. The number of aromatic nitrogens is 1. The molecule has 0 saturated heterocycles. The lowest BCUT2D eigenvalue weighted by atomic mass is 10.0. The van der Waals surface area contributed by atoms with Crippen LogP contribution in [0.3, 0.4) is 0 Å². The van der Waals surface area contributed by atoms with E-state index in [-0.39, 0.29) is 37.3 Å². The number of carbonyl (C=O) groups is 1. The SMILES string of the molecule is CC(c1ccccc1)N(Cc1cc(Cl)ccc1OCc1nc(CO)cs1)C(=O)c1cccc(F)c1. The van der Waals surface area contributed by atoms with Gasteiger partial charge in [0.1, 0.15) is 23.2 Å². The number of benzene rings is 3. The van der Waals surface area contributed by atoms with Crippen molar-refractivity contribution in [1.82, 2.24) is 9.88 Å². The Balaban J connectivity index is 1.65. The fourth-order valence-electron chi connectivity index (χ4n) is 3.71. The number of thiazole rings is 1. The lowest BCUT2D eigenvalue weighted by Crippen LogP contribution is -2.33. The molecule has 4 rings (SSSR count). The van der Waals surface area contributed by atoms with Crippen LogP contribution in [-0.4, -0.2) is 20.9 Å². The third-order valence-corrected chi connectivity index (χ3v) is 6.66. The molecular weight excluding hydrogens is 487 g/mol. The smallest absolute Gasteiger partial charge is 0.254 e. The lowest BCUT2D eigenvalue weighted by Gasteiger charge is -2.30. The summed E-state index contributed by atoms with van der Waals surface area (Å²) in [6, 6.07) is 20.3. The van der Waals surface area contributed by atoms with E-state index < -0.39 is 5.82 Å². The maximum absolute atomic E-state index is 13.9. The first-order chi connectivity index (χ1) is 16.9.